The van der Waals surface area contributed by atoms with Crippen molar-refractivity contribution in [3.05, 3.63) is 52.0 Å². The maximum atomic E-state index is 11.9. The van der Waals surface area contributed by atoms with Crippen LogP contribution in [0, 0.1) is 0 Å². The van der Waals surface area contributed by atoms with Crippen molar-refractivity contribution in [2.45, 2.75) is 0 Å². The molecule has 1 aromatic carbocycles. The van der Waals surface area contributed by atoms with Crippen LogP contribution >= 0.6 is 34.5 Å². The van der Waals surface area contributed by atoms with E-state index in [0.29, 0.717) is 21.7 Å². The number of carbonyl (C=O) groups excluding carboxylic acids is 2. The van der Waals surface area contributed by atoms with Crippen LogP contribution in [0.3, 0.4) is 0 Å². The van der Waals surface area contributed by atoms with Gasteiger partial charge in [0, 0.05) is 11.9 Å². The lowest BCUT2D eigenvalue weighted by molar-refractivity contribution is -0.119. The minimum atomic E-state index is -0.696. The molecule has 1 heterocycles. The molecular weight excluding hydrogens is 373 g/mol. The maximum Gasteiger partial charge on any atom is 0.358 e. The van der Waals surface area contributed by atoms with E-state index in [4.69, 9.17) is 27.9 Å². The van der Waals surface area contributed by atoms with Gasteiger partial charge in [-0.1, -0.05) is 35.3 Å². The number of nitrogens with zero attached hydrogens (tertiary/aromatic N) is 1. The molecule has 0 bridgehead atoms. The number of aromatic nitrogens is 1. The quantitative estimate of drug-likeness (QED) is 0.558. The Morgan fingerprint density at radius 2 is 2.04 bits per heavy atom. The number of ether oxygens (including phenoxy) is 1. The SMILES string of the molecule is C=CCNc1nc(C(=O)OCC(=O)Nc2c(Cl)cccc2Cl)cs1. The number of para-hydroxylation sites is 1. The van der Waals surface area contributed by atoms with Crippen LogP contribution in [0.5, 0.6) is 0 Å². The molecule has 1 amide bonds. The lowest BCUT2D eigenvalue weighted by Crippen LogP contribution is -2.21. The second-order valence-electron chi connectivity index (χ2n) is 4.43. The molecule has 2 N–H and O–H groups in total. The first-order valence-electron chi connectivity index (χ1n) is 6.72. The van der Waals surface area contributed by atoms with Gasteiger partial charge in [-0.15, -0.1) is 17.9 Å². The number of anilines is 2. The number of benzene rings is 1. The Bertz CT molecular complexity index is 744. The molecule has 0 saturated heterocycles. The zero-order valence-electron chi connectivity index (χ0n) is 12.3. The molecule has 2 rings (SSSR count). The second-order valence-corrected chi connectivity index (χ2v) is 6.10. The highest BCUT2D eigenvalue weighted by Gasteiger charge is 2.15. The molecule has 1 aromatic heterocycles. The summed E-state index contributed by atoms with van der Waals surface area (Å²) < 4.78 is 4.92. The fraction of sp³-hybridized carbons (Fsp3) is 0.133. The van der Waals surface area contributed by atoms with Crippen molar-refractivity contribution in [3.63, 3.8) is 0 Å². The number of hydrogen-bond acceptors (Lipinski definition) is 6. The highest BCUT2D eigenvalue weighted by Crippen LogP contribution is 2.29. The van der Waals surface area contributed by atoms with Crippen LogP contribution in [-0.2, 0) is 9.53 Å². The Kier molecular flexibility index (Phi) is 6.60. The van der Waals surface area contributed by atoms with Gasteiger partial charge in [0.2, 0.25) is 0 Å². The first kappa shape index (κ1) is 18.3. The summed E-state index contributed by atoms with van der Waals surface area (Å²) in [6, 6.07) is 4.82. The van der Waals surface area contributed by atoms with Crippen LogP contribution < -0.4 is 10.6 Å². The molecule has 2 aromatic rings. The first-order valence-corrected chi connectivity index (χ1v) is 8.36. The number of amides is 1. The Labute approximate surface area is 152 Å². The van der Waals surface area contributed by atoms with Crippen LogP contribution in [-0.4, -0.2) is 30.0 Å². The molecule has 6 nitrogen and oxygen atoms in total. The van der Waals surface area contributed by atoms with E-state index in [1.807, 2.05) is 0 Å². The molecule has 24 heavy (non-hydrogen) atoms. The lowest BCUT2D eigenvalue weighted by Gasteiger charge is -2.09. The van der Waals surface area contributed by atoms with E-state index in [1.54, 1.807) is 24.3 Å². The molecule has 126 valence electrons. The zero-order chi connectivity index (χ0) is 17.5. The number of hydrogen-bond donors (Lipinski definition) is 2. The average Bonchev–Trinajstić information content (AvgIpc) is 3.03. The lowest BCUT2D eigenvalue weighted by atomic mass is 10.3. The van der Waals surface area contributed by atoms with E-state index in [1.165, 1.54) is 16.7 Å². The standard InChI is InChI=1S/C15H13Cl2N3O3S/c1-2-6-18-15-19-11(8-24-15)14(22)23-7-12(21)20-13-9(16)4-3-5-10(13)17/h2-5,8H,1,6-7H2,(H,18,19)(H,20,21). The summed E-state index contributed by atoms with van der Waals surface area (Å²) in [5.41, 5.74) is 0.390. The Hall–Kier alpha value is -2.09. The maximum absolute atomic E-state index is 11.9. The molecule has 0 aliphatic carbocycles. The third kappa shape index (κ3) is 4.95. The summed E-state index contributed by atoms with van der Waals surface area (Å²) >= 11 is 13.1. The van der Waals surface area contributed by atoms with Gasteiger partial charge in [0.05, 0.1) is 15.7 Å². The van der Waals surface area contributed by atoms with Crippen LogP contribution in [0.15, 0.2) is 36.2 Å². The van der Waals surface area contributed by atoms with E-state index in [2.05, 4.69) is 22.2 Å². The van der Waals surface area contributed by atoms with E-state index >= 15 is 0 Å². The molecule has 0 unspecified atom stereocenters. The van der Waals surface area contributed by atoms with Gasteiger partial charge >= 0.3 is 5.97 Å². The van der Waals surface area contributed by atoms with E-state index in [0.717, 1.165) is 0 Å². The molecule has 0 aliphatic heterocycles. The summed E-state index contributed by atoms with van der Waals surface area (Å²) in [5.74, 6) is -1.25. The van der Waals surface area contributed by atoms with Crippen molar-refractivity contribution in [1.82, 2.24) is 4.98 Å². The molecule has 9 heteroatoms. The van der Waals surface area contributed by atoms with E-state index in [9.17, 15) is 9.59 Å². The van der Waals surface area contributed by atoms with Crippen molar-refractivity contribution in [1.29, 1.82) is 0 Å². The van der Waals surface area contributed by atoms with Crippen LogP contribution in [0.4, 0.5) is 10.8 Å². The minimum absolute atomic E-state index is 0.120. The van der Waals surface area contributed by atoms with E-state index < -0.39 is 18.5 Å². The van der Waals surface area contributed by atoms with Crippen molar-refractivity contribution >= 4 is 57.2 Å². The van der Waals surface area contributed by atoms with Crippen molar-refractivity contribution in [2.24, 2.45) is 0 Å². The van der Waals surface area contributed by atoms with Crippen LogP contribution in [0.2, 0.25) is 10.0 Å². The van der Waals surface area contributed by atoms with Gasteiger partial charge < -0.3 is 15.4 Å². The van der Waals surface area contributed by atoms with Gasteiger partial charge in [-0.3, -0.25) is 4.79 Å². The number of carbonyl (C=O) groups is 2. The Balaban J connectivity index is 1.88. The van der Waals surface area contributed by atoms with Gasteiger partial charge in [-0.05, 0) is 12.1 Å². The number of thiazole rings is 1. The van der Waals surface area contributed by atoms with Gasteiger partial charge in [0.15, 0.2) is 17.4 Å². The smallest absolute Gasteiger partial charge is 0.358 e. The van der Waals surface area contributed by atoms with Crippen LogP contribution in [0.1, 0.15) is 10.5 Å². The average molecular weight is 386 g/mol. The highest BCUT2D eigenvalue weighted by molar-refractivity contribution is 7.13. The zero-order valence-corrected chi connectivity index (χ0v) is 14.7. The summed E-state index contributed by atoms with van der Waals surface area (Å²) in [6.45, 7) is 3.62. The Morgan fingerprint density at radius 1 is 1.33 bits per heavy atom. The molecule has 0 radical (unpaired) electrons. The summed E-state index contributed by atoms with van der Waals surface area (Å²) in [7, 11) is 0. The molecule has 0 fully saturated rings. The van der Waals surface area contributed by atoms with Crippen molar-refractivity contribution in [2.75, 3.05) is 23.8 Å². The van der Waals surface area contributed by atoms with Gasteiger partial charge in [-0.25, -0.2) is 9.78 Å². The fourth-order valence-electron chi connectivity index (χ4n) is 1.61. The summed E-state index contributed by atoms with van der Waals surface area (Å²) in [6.07, 6.45) is 1.67. The molecule has 0 spiro atoms. The first-order chi connectivity index (χ1) is 11.5. The van der Waals surface area contributed by atoms with Crippen LogP contribution in [0.25, 0.3) is 0 Å². The molecule has 0 atom stereocenters. The normalized spacial score (nSPS) is 10.1. The Morgan fingerprint density at radius 3 is 2.71 bits per heavy atom. The number of nitrogens with one attached hydrogen (secondary N) is 2. The number of halogens is 2. The van der Waals surface area contributed by atoms with E-state index in [-0.39, 0.29) is 11.4 Å². The topological polar surface area (TPSA) is 80.3 Å². The number of rotatable bonds is 7. The monoisotopic (exact) mass is 385 g/mol. The summed E-state index contributed by atoms with van der Waals surface area (Å²) in [5, 5.41) is 8.13. The molecule has 0 aliphatic rings. The third-order valence-electron chi connectivity index (χ3n) is 2.67. The van der Waals surface area contributed by atoms with Gasteiger partial charge in [0.25, 0.3) is 5.91 Å². The van der Waals surface area contributed by atoms with Crippen molar-refractivity contribution in [3.8, 4) is 0 Å². The second kappa shape index (κ2) is 8.68. The molecule has 0 saturated carbocycles. The third-order valence-corrected chi connectivity index (χ3v) is 4.10. The number of esters is 1. The predicted octanol–water partition coefficient (Wildman–Crippen LogP) is 3.84. The molecular formula is C15H13Cl2N3O3S. The van der Waals surface area contributed by atoms with Crippen molar-refractivity contribution < 1.29 is 14.3 Å². The summed E-state index contributed by atoms with van der Waals surface area (Å²) in [4.78, 5) is 27.8. The highest BCUT2D eigenvalue weighted by atomic mass is 35.5. The fourth-order valence-corrected chi connectivity index (χ4v) is 2.79. The minimum Gasteiger partial charge on any atom is -0.451 e. The largest absolute Gasteiger partial charge is 0.451 e. The van der Waals surface area contributed by atoms with Gasteiger partial charge in [-0.2, -0.15) is 0 Å². The predicted molar refractivity (Wildman–Crippen MR) is 96.2 cm³/mol. The van der Waals surface area contributed by atoms with Gasteiger partial charge in [0.1, 0.15) is 0 Å².